The molecule has 3 rings (SSSR count). The van der Waals surface area contributed by atoms with Gasteiger partial charge in [-0.05, 0) is 25.1 Å². The number of rotatable bonds is 0. The van der Waals surface area contributed by atoms with Gasteiger partial charge in [0.15, 0.2) is 0 Å². The second kappa shape index (κ2) is 2.77. The molecule has 2 heterocycles. The Bertz CT molecular complexity index is 297. The number of fused-ring (bicyclic) bond motifs is 3. The van der Waals surface area contributed by atoms with Gasteiger partial charge in [0, 0.05) is 17.1 Å². The zero-order chi connectivity index (χ0) is 8.84. The Balaban J connectivity index is 1.89. The third kappa shape index (κ3) is 1.13. The topological polar surface area (TPSA) is 41.3 Å². The Morgan fingerprint density at radius 2 is 2.54 bits per heavy atom. The van der Waals surface area contributed by atoms with Gasteiger partial charge in [-0.3, -0.25) is 10.2 Å². The van der Waals surface area contributed by atoms with Crippen molar-refractivity contribution < 1.29 is 0 Å². The van der Waals surface area contributed by atoms with Gasteiger partial charge in [0.25, 0.3) is 0 Å². The first-order valence-electron chi connectivity index (χ1n) is 4.69. The van der Waals surface area contributed by atoms with E-state index in [1.165, 1.54) is 17.9 Å². The lowest BCUT2D eigenvalue weighted by atomic mass is 10.2. The summed E-state index contributed by atoms with van der Waals surface area (Å²) in [5.41, 5.74) is 7.19. The van der Waals surface area contributed by atoms with Crippen molar-refractivity contribution in [1.82, 2.24) is 10.2 Å². The zero-order valence-corrected chi connectivity index (χ0v) is 8.18. The summed E-state index contributed by atoms with van der Waals surface area (Å²) in [6, 6.07) is 0.475. The lowest BCUT2D eigenvalue weighted by molar-refractivity contribution is 0.190. The molecule has 4 heteroatoms. The van der Waals surface area contributed by atoms with Crippen LogP contribution in [0.1, 0.15) is 6.42 Å². The van der Waals surface area contributed by atoms with Gasteiger partial charge in [-0.1, -0.05) is 11.8 Å². The van der Waals surface area contributed by atoms with Crippen molar-refractivity contribution in [1.29, 1.82) is 0 Å². The Morgan fingerprint density at radius 3 is 3.46 bits per heavy atom. The Kier molecular flexibility index (Phi) is 1.68. The number of hydrogen-bond acceptors (Lipinski definition) is 4. The predicted molar refractivity (Wildman–Crippen MR) is 54.8 cm³/mol. The first-order valence-corrected chi connectivity index (χ1v) is 5.57. The fraction of sp³-hybridized carbons (Fsp3) is 0.556. The predicted octanol–water partition coefficient (Wildman–Crippen LogP) is 0.421. The smallest absolute Gasteiger partial charge is 0.113 e. The molecule has 2 fully saturated rings. The highest BCUT2D eigenvalue weighted by Crippen LogP contribution is 2.42. The van der Waals surface area contributed by atoms with Gasteiger partial charge in [0.1, 0.15) is 5.50 Å². The summed E-state index contributed by atoms with van der Waals surface area (Å²) in [5, 5.41) is 3.50. The van der Waals surface area contributed by atoms with E-state index in [2.05, 4.69) is 22.4 Å². The van der Waals surface area contributed by atoms with Gasteiger partial charge < -0.3 is 5.73 Å². The molecular weight excluding hydrogens is 182 g/mol. The van der Waals surface area contributed by atoms with Gasteiger partial charge in [0.2, 0.25) is 0 Å². The molecule has 13 heavy (non-hydrogen) atoms. The normalized spacial score (nSPS) is 38.2. The van der Waals surface area contributed by atoms with Gasteiger partial charge >= 0.3 is 0 Å². The molecule has 70 valence electrons. The maximum absolute atomic E-state index is 5.77. The summed E-state index contributed by atoms with van der Waals surface area (Å²) in [4.78, 5) is 3.90. The van der Waals surface area contributed by atoms with Crippen LogP contribution in [0.4, 0.5) is 0 Å². The van der Waals surface area contributed by atoms with Crippen molar-refractivity contribution in [3.05, 3.63) is 22.8 Å². The highest BCUT2D eigenvalue weighted by atomic mass is 32.2. The minimum atomic E-state index is 0.475. The molecule has 3 aliphatic rings. The summed E-state index contributed by atoms with van der Waals surface area (Å²) in [7, 11) is 0. The van der Waals surface area contributed by atoms with E-state index in [9.17, 15) is 0 Å². The minimum absolute atomic E-state index is 0.475. The third-order valence-corrected chi connectivity index (χ3v) is 4.06. The van der Waals surface area contributed by atoms with E-state index in [-0.39, 0.29) is 0 Å². The fourth-order valence-electron chi connectivity index (χ4n) is 2.17. The summed E-state index contributed by atoms with van der Waals surface area (Å²) in [5.74, 6) is 0. The van der Waals surface area contributed by atoms with Gasteiger partial charge in [0.05, 0.1) is 6.04 Å². The van der Waals surface area contributed by atoms with Crippen LogP contribution in [0.25, 0.3) is 0 Å². The van der Waals surface area contributed by atoms with Crippen LogP contribution in [-0.2, 0) is 0 Å². The number of nitrogens with zero attached hydrogens (tertiary/aromatic N) is 1. The molecule has 2 saturated heterocycles. The van der Waals surface area contributed by atoms with Crippen molar-refractivity contribution in [3.8, 4) is 0 Å². The Labute approximate surface area is 82.0 Å². The first kappa shape index (κ1) is 7.91. The molecule has 2 aliphatic heterocycles. The molecule has 0 aromatic carbocycles. The second-order valence-corrected chi connectivity index (χ2v) is 4.83. The van der Waals surface area contributed by atoms with Crippen LogP contribution in [0.5, 0.6) is 0 Å². The summed E-state index contributed by atoms with van der Waals surface area (Å²) in [6.45, 7) is 2.34. The van der Waals surface area contributed by atoms with Crippen molar-refractivity contribution >= 4 is 11.8 Å². The number of hydrogen-bond donors (Lipinski definition) is 2. The number of thioether (sulfide) groups is 1. The molecule has 0 bridgehead atoms. The van der Waals surface area contributed by atoms with E-state index in [4.69, 9.17) is 5.73 Å². The van der Waals surface area contributed by atoms with Crippen molar-refractivity contribution in [2.45, 2.75) is 18.0 Å². The van der Waals surface area contributed by atoms with Crippen molar-refractivity contribution in [2.24, 2.45) is 5.73 Å². The molecular formula is C9H13N3S. The highest BCUT2D eigenvalue weighted by Gasteiger charge is 2.39. The van der Waals surface area contributed by atoms with E-state index < -0.39 is 0 Å². The summed E-state index contributed by atoms with van der Waals surface area (Å²) < 4.78 is 0. The van der Waals surface area contributed by atoms with E-state index >= 15 is 0 Å². The van der Waals surface area contributed by atoms with Crippen molar-refractivity contribution in [3.63, 3.8) is 0 Å². The van der Waals surface area contributed by atoms with Crippen LogP contribution in [0.3, 0.4) is 0 Å². The molecule has 3 N–H and O–H groups in total. The van der Waals surface area contributed by atoms with E-state index in [1.54, 1.807) is 0 Å². The fourth-order valence-corrected chi connectivity index (χ4v) is 3.55. The van der Waals surface area contributed by atoms with E-state index in [0.717, 1.165) is 12.2 Å². The van der Waals surface area contributed by atoms with Crippen LogP contribution in [0.15, 0.2) is 22.8 Å². The van der Waals surface area contributed by atoms with Gasteiger partial charge in [-0.25, -0.2) is 0 Å². The molecule has 3 nitrogen and oxygen atoms in total. The molecule has 0 radical (unpaired) electrons. The van der Waals surface area contributed by atoms with E-state index in [0.29, 0.717) is 11.5 Å². The number of nitrogens with one attached hydrogen (secondary N) is 1. The molecule has 2 unspecified atom stereocenters. The van der Waals surface area contributed by atoms with Crippen molar-refractivity contribution in [2.75, 3.05) is 13.1 Å². The lowest BCUT2D eigenvalue weighted by Gasteiger charge is -2.31. The zero-order valence-electron chi connectivity index (χ0n) is 7.36. The molecule has 2 atom stereocenters. The maximum Gasteiger partial charge on any atom is 0.113 e. The minimum Gasteiger partial charge on any atom is -0.399 e. The Hall–Kier alpha value is -0.450. The highest BCUT2D eigenvalue weighted by molar-refractivity contribution is 8.03. The van der Waals surface area contributed by atoms with Crippen LogP contribution < -0.4 is 11.1 Å². The van der Waals surface area contributed by atoms with Gasteiger partial charge in [-0.2, -0.15) is 0 Å². The SMILES string of the molecule is NC1=CC2C(=C1)SC1NCCCN12. The molecule has 0 aromatic rings. The van der Waals surface area contributed by atoms with Crippen LogP contribution in [0.2, 0.25) is 0 Å². The average molecular weight is 195 g/mol. The average Bonchev–Trinajstić information content (AvgIpc) is 2.60. The lowest BCUT2D eigenvalue weighted by Crippen LogP contribution is -2.48. The Morgan fingerprint density at radius 1 is 1.62 bits per heavy atom. The largest absolute Gasteiger partial charge is 0.399 e. The second-order valence-electron chi connectivity index (χ2n) is 3.67. The summed E-state index contributed by atoms with van der Waals surface area (Å²) in [6.07, 6.45) is 5.51. The molecule has 0 spiro atoms. The number of nitrogens with two attached hydrogens (primary N) is 1. The molecule has 0 aromatic heterocycles. The quantitative estimate of drug-likeness (QED) is 0.588. The van der Waals surface area contributed by atoms with Gasteiger partial charge in [-0.15, -0.1) is 0 Å². The molecule has 1 aliphatic carbocycles. The monoisotopic (exact) mass is 195 g/mol. The maximum atomic E-state index is 5.77. The number of allylic oxidation sites excluding steroid dienone is 1. The van der Waals surface area contributed by atoms with E-state index in [1.807, 2.05) is 11.8 Å². The third-order valence-electron chi connectivity index (χ3n) is 2.77. The van der Waals surface area contributed by atoms with Crippen LogP contribution >= 0.6 is 11.8 Å². The summed E-state index contributed by atoms with van der Waals surface area (Å²) >= 11 is 1.91. The standard InChI is InChI=1S/C9H13N3S/c10-6-4-7-8(5-6)13-9-11-2-1-3-12(7)9/h4-5,7,9,11H,1-3,10H2. The molecule has 0 saturated carbocycles. The van der Waals surface area contributed by atoms with Crippen LogP contribution in [-0.4, -0.2) is 29.5 Å². The van der Waals surface area contributed by atoms with Crippen LogP contribution in [0, 0.1) is 0 Å². The molecule has 0 amide bonds. The first-order chi connectivity index (χ1) is 6.34.